The molecule has 5 nitrogen and oxygen atoms in total. The lowest BCUT2D eigenvalue weighted by molar-refractivity contribution is 0.0800. The second-order valence-corrected chi connectivity index (χ2v) is 3.12. The van der Waals surface area contributed by atoms with Gasteiger partial charge in [-0.15, -0.1) is 0 Å². The summed E-state index contributed by atoms with van der Waals surface area (Å²) in [5.41, 5.74) is 1.21. The zero-order valence-corrected chi connectivity index (χ0v) is 8.87. The molecule has 1 aromatic rings. The van der Waals surface area contributed by atoms with Crippen molar-refractivity contribution in [3.05, 3.63) is 27.5 Å². The number of methoxy groups -OCH3 is 1. The van der Waals surface area contributed by atoms with E-state index in [1.165, 1.54) is 7.11 Å². The van der Waals surface area contributed by atoms with Gasteiger partial charge >= 0.3 is 0 Å². The second kappa shape index (κ2) is 5.53. The molecule has 0 radical (unpaired) electrons. The molecule has 0 aliphatic heterocycles. The Balaban J connectivity index is 2.85. The maximum absolute atomic E-state index is 11.3. The number of aliphatic hydroxyl groups excluding tert-OH is 1. The van der Waals surface area contributed by atoms with Gasteiger partial charge in [0.05, 0.1) is 26.9 Å². The number of aryl methyl sites for hydroxylation is 1. The first-order valence-electron chi connectivity index (χ1n) is 4.64. The van der Waals surface area contributed by atoms with Crippen molar-refractivity contribution in [2.24, 2.45) is 0 Å². The number of nitrogens with one attached hydrogen (secondary N) is 1. The van der Waals surface area contributed by atoms with Gasteiger partial charge in [-0.25, -0.2) is 0 Å². The summed E-state index contributed by atoms with van der Waals surface area (Å²) < 4.78 is 10.2. The van der Waals surface area contributed by atoms with Crippen molar-refractivity contribution < 1.29 is 14.6 Å². The average molecular weight is 213 g/mol. The van der Waals surface area contributed by atoms with Crippen molar-refractivity contribution in [2.75, 3.05) is 20.3 Å². The quantitative estimate of drug-likeness (QED) is 0.685. The molecule has 0 fully saturated rings. The van der Waals surface area contributed by atoms with Crippen molar-refractivity contribution in [2.45, 2.75) is 13.5 Å². The number of aliphatic hydroxyl groups is 1. The van der Waals surface area contributed by atoms with Gasteiger partial charge in [0.1, 0.15) is 0 Å². The summed E-state index contributed by atoms with van der Waals surface area (Å²) in [5.74, 6) is 0.406. The lowest BCUT2D eigenvalue weighted by Crippen LogP contribution is -2.13. The van der Waals surface area contributed by atoms with Crippen LogP contribution in [0.3, 0.4) is 0 Å². The first-order chi connectivity index (χ1) is 7.19. The minimum atomic E-state index is -0.169. The van der Waals surface area contributed by atoms with E-state index in [0.29, 0.717) is 18.1 Å². The highest BCUT2D eigenvalue weighted by molar-refractivity contribution is 5.28. The predicted molar refractivity (Wildman–Crippen MR) is 55.1 cm³/mol. The number of rotatable bonds is 5. The summed E-state index contributed by atoms with van der Waals surface area (Å²) in [6.45, 7) is 2.27. The summed E-state index contributed by atoms with van der Waals surface area (Å²) >= 11 is 0. The highest BCUT2D eigenvalue weighted by Gasteiger charge is 2.06. The molecule has 0 bridgehead atoms. The highest BCUT2D eigenvalue weighted by atomic mass is 16.5. The largest absolute Gasteiger partial charge is 0.482 e. The number of hydrogen-bond acceptors (Lipinski definition) is 4. The molecular formula is C10H15NO4. The molecule has 1 heterocycles. The first-order valence-corrected chi connectivity index (χ1v) is 4.64. The molecule has 0 aliphatic carbocycles. The fourth-order valence-electron chi connectivity index (χ4n) is 1.21. The van der Waals surface area contributed by atoms with E-state index in [-0.39, 0.29) is 18.8 Å². The zero-order valence-electron chi connectivity index (χ0n) is 8.87. The number of H-pyrrole nitrogens is 1. The van der Waals surface area contributed by atoms with E-state index < -0.39 is 0 Å². The third-order valence-corrected chi connectivity index (χ3v) is 1.96. The van der Waals surface area contributed by atoms with E-state index in [0.717, 1.165) is 5.56 Å². The van der Waals surface area contributed by atoms with E-state index in [2.05, 4.69) is 4.98 Å². The number of hydrogen-bond donors (Lipinski definition) is 2. The minimum Gasteiger partial charge on any atom is -0.482 e. The molecule has 0 saturated carbocycles. The molecule has 5 heteroatoms. The lowest BCUT2D eigenvalue weighted by atomic mass is 10.2. The third kappa shape index (κ3) is 3.07. The smallest absolute Gasteiger partial charge is 0.253 e. The van der Waals surface area contributed by atoms with Crippen molar-refractivity contribution in [1.82, 2.24) is 4.98 Å². The summed E-state index contributed by atoms with van der Waals surface area (Å²) in [4.78, 5) is 13.9. The van der Waals surface area contributed by atoms with Gasteiger partial charge in [0.25, 0.3) is 5.56 Å². The molecule has 0 amide bonds. The number of aromatic amines is 1. The van der Waals surface area contributed by atoms with Crippen molar-refractivity contribution in [3.8, 4) is 5.88 Å². The van der Waals surface area contributed by atoms with Crippen LogP contribution in [0.5, 0.6) is 5.88 Å². The van der Waals surface area contributed by atoms with Crippen LogP contribution >= 0.6 is 0 Å². The maximum Gasteiger partial charge on any atom is 0.253 e. The zero-order chi connectivity index (χ0) is 11.3. The van der Waals surface area contributed by atoms with Crippen molar-refractivity contribution >= 4 is 0 Å². The third-order valence-electron chi connectivity index (χ3n) is 1.96. The second-order valence-electron chi connectivity index (χ2n) is 3.12. The SMILES string of the molecule is COc1[nH]c(=O)c(C)cc1COCCO. The molecule has 2 N–H and O–H groups in total. The Morgan fingerprint density at radius 2 is 2.27 bits per heavy atom. The Kier molecular flexibility index (Phi) is 4.33. The average Bonchev–Trinajstić information content (AvgIpc) is 2.23. The molecular weight excluding hydrogens is 198 g/mol. The van der Waals surface area contributed by atoms with Crippen LogP contribution in [0.2, 0.25) is 0 Å². The van der Waals surface area contributed by atoms with Gasteiger partial charge in [-0.3, -0.25) is 9.78 Å². The van der Waals surface area contributed by atoms with Crippen LogP contribution in [-0.4, -0.2) is 30.4 Å². The molecule has 0 atom stereocenters. The Morgan fingerprint density at radius 1 is 1.53 bits per heavy atom. The molecule has 84 valence electrons. The van der Waals surface area contributed by atoms with E-state index >= 15 is 0 Å². The lowest BCUT2D eigenvalue weighted by Gasteiger charge is -2.08. The molecule has 0 aliphatic rings. The topological polar surface area (TPSA) is 71.6 Å². The van der Waals surface area contributed by atoms with Gasteiger partial charge in [-0.1, -0.05) is 0 Å². The first kappa shape index (κ1) is 11.7. The van der Waals surface area contributed by atoms with Crippen LogP contribution in [0.25, 0.3) is 0 Å². The summed E-state index contributed by atoms with van der Waals surface area (Å²) in [6, 6.07) is 1.72. The Hall–Kier alpha value is -1.33. The number of pyridine rings is 1. The predicted octanol–water partition coefficient (Wildman–Crippen LogP) is 0.201. The standard InChI is InChI=1S/C10H15NO4/c1-7-5-8(6-15-4-3-12)10(14-2)11-9(7)13/h5,12H,3-4,6H2,1-2H3,(H,11,13). The normalized spacial score (nSPS) is 10.3. The van der Waals surface area contributed by atoms with Gasteiger partial charge in [0.2, 0.25) is 0 Å². The molecule has 0 spiro atoms. The van der Waals surface area contributed by atoms with Crippen LogP contribution < -0.4 is 10.3 Å². The summed E-state index contributed by atoms with van der Waals surface area (Å²) in [7, 11) is 1.48. The summed E-state index contributed by atoms with van der Waals surface area (Å²) in [5, 5.41) is 8.56. The van der Waals surface area contributed by atoms with Gasteiger partial charge in [-0.2, -0.15) is 0 Å². The van der Waals surface area contributed by atoms with Crippen LogP contribution in [-0.2, 0) is 11.3 Å². The van der Waals surface area contributed by atoms with Crippen LogP contribution in [0.1, 0.15) is 11.1 Å². The van der Waals surface area contributed by atoms with E-state index in [1.54, 1.807) is 13.0 Å². The summed E-state index contributed by atoms with van der Waals surface area (Å²) in [6.07, 6.45) is 0. The van der Waals surface area contributed by atoms with Gasteiger partial charge in [0.15, 0.2) is 5.88 Å². The van der Waals surface area contributed by atoms with Crippen LogP contribution in [0, 0.1) is 6.92 Å². The molecule has 0 aromatic carbocycles. The van der Waals surface area contributed by atoms with Crippen molar-refractivity contribution in [1.29, 1.82) is 0 Å². The van der Waals surface area contributed by atoms with E-state index in [9.17, 15) is 4.79 Å². The molecule has 15 heavy (non-hydrogen) atoms. The van der Waals surface area contributed by atoms with E-state index in [1.807, 2.05) is 0 Å². The maximum atomic E-state index is 11.3. The van der Waals surface area contributed by atoms with Gasteiger partial charge < -0.3 is 14.6 Å². The molecule has 0 unspecified atom stereocenters. The highest BCUT2D eigenvalue weighted by Crippen LogP contribution is 2.14. The van der Waals surface area contributed by atoms with Crippen LogP contribution in [0.15, 0.2) is 10.9 Å². The molecule has 0 saturated heterocycles. The molecule has 1 aromatic heterocycles. The Morgan fingerprint density at radius 3 is 2.87 bits per heavy atom. The monoisotopic (exact) mass is 213 g/mol. The van der Waals surface area contributed by atoms with E-state index in [4.69, 9.17) is 14.6 Å². The minimum absolute atomic E-state index is 0.0232. The Labute approximate surface area is 87.7 Å². The molecule has 1 rings (SSSR count). The van der Waals surface area contributed by atoms with Gasteiger partial charge in [0, 0.05) is 11.1 Å². The van der Waals surface area contributed by atoms with Crippen LogP contribution in [0.4, 0.5) is 0 Å². The number of aromatic nitrogens is 1. The van der Waals surface area contributed by atoms with Gasteiger partial charge in [-0.05, 0) is 13.0 Å². The number of ether oxygens (including phenoxy) is 2. The Bertz CT molecular complexity index is 372. The fourth-order valence-corrected chi connectivity index (χ4v) is 1.21. The fraction of sp³-hybridized carbons (Fsp3) is 0.500. The van der Waals surface area contributed by atoms with Crippen molar-refractivity contribution in [3.63, 3.8) is 0 Å².